The second-order valence-electron chi connectivity index (χ2n) is 5.51. The first kappa shape index (κ1) is 13.9. The van der Waals surface area contributed by atoms with Crippen molar-refractivity contribution in [2.24, 2.45) is 0 Å². The molecule has 0 radical (unpaired) electrons. The minimum Gasteiger partial charge on any atom is -0.383 e. The maximum absolute atomic E-state index is 13.1. The Morgan fingerprint density at radius 3 is 2.86 bits per heavy atom. The van der Waals surface area contributed by atoms with Crippen LogP contribution in [0.2, 0.25) is 0 Å². The van der Waals surface area contributed by atoms with Crippen molar-refractivity contribution in [2.75, 3.05) is 29.9 Å². The first-order valence-electron chi connectivity index (χ1n) is 7.65. The van der Waals surface area contributed by atoms with Crippen LogP contribution >= 0.6 is 0 Å². The number of nitrogens with one attached hydrogen (secondary N) is 1. The number of aryl methyl sites for hydroxylation is 1. The summed E-state index contributed by atoms with van der Waals surface area (Å²) in [5.41, 5.74) is 3.65. The van der Waals surface area contributed by atoms with Gasteiger partial charge in [0.15, 0.2) is 0 Å². The Balaban J connectivity index is 1.62. The average Bonchev–Trinajstić information content (AvgIpc) is 2.70. The van der Waals surface area contributed by atoms with Crippen LogP contribution in [0.5, 0.6) is 0 Å². The van der Waals surface area contributed by atoms with Gasteiger partial charge in [0.1, 0.15) is 5.82 Å². The van der Waals surface area contributed by atoms with E-state index in [-0.39, 0.29) is 5.82 Å². The molecule has 0 saturated heterocycles. The molecule has 0 aliphatic carbocycles. The number of halogens is 1. The zero-order valence-electron chi connectivity index (χ0n) is 12.2. The Labute approximate surface area is 125 Å². The number of nitrogens with zero attached hydrogens (tertiary/aromatic N) is 1. The largest absolute Gasteiger partial charge is 0.383 e. The van der Waals surface area contributed by atoms with Gasteiger partial charge >= 0.3 is 0 Å². The molecule has 0 unspecified atom stereocenters. The molecule has 0 atom stereocenters. The molecule has 0 spiro atoms. The number of para-hydroxylation sites is 1. The number of benzene rings is 2. The molecule has 0 aromatic heterocycles. The molecule has 3 rings (SSSR count). The zero-order chi connectivity index (χ0) is 14.5. The first-order chi connectivity index (χ1) is 10.3. The van der Waals surface area contributed by atoms with Crippen molar-refractivity contribution >= 4 is 11.4 Å². The van der Waals surface area contributed by atoms with Crippen LogP contribution in [-0.2, 0) is 6.42 Å². The predicted octanol–water partition coefficient (Wildman–Crippen LogP) is 4.08. The summed E-state index contributed by atoms with van der Waals surface area (Å²) in [4.78, 5) is 2.44. The average molecular weight is 284 g/mol. The molecule has 21 heavy (non-hydrogen) atoms. The topological polar surface area (TPSA) is 15.3 Å². The summed E-state index contributed by atoms with van der Waals surface area (Å²) in [6.45, 7) is 2.85. The van der Waals surface area contributed by atoms with E-state index in [1.165, 1.54) is 42.6 Å². The second kappa shape index (κ2) is 6.61. The molecule has 2 aromatic rings. The van der Waals surface area contributed by atoms with Crippen LogP contribution in [0.3, 0.4) is 0 Å². The lowest BCUT2D eigenvalue weighted by atomic mass is 10.1. The lowest BCUT2D eigenvalue weighted by molar-refractivity contribution is 0.628. The van der Waals surface area contributed by atoms with E-state index in [1.807, 2.05) is 6.07 Å². The van der Waals surface area contributed by atoms with Gasteiger partial charge in [0.25, 0.3) is 0 Å². The van der Waals surface area contributed by atoms with Crippen molar-refractivity contribution in [1.82, 2.24) is 0 Å². The van der Waals surface area contributed by atoms with E-state index in [0.717, 1.165) is 25.3 Å². The van der Waals surface area contributed by atoms with Gasteiger partial charge in [-0.2, -0.15) is 0 Å². The fraction of sp³-hybridized carbons (Fsp3) is 0.333. The Kier molecular flexibility index (Phi) is 4.39. The van der Waals surface area contributed by atoms with Crippen molar-refractivity contribution in [3.8, 4) is 0 Å². The van der Waals surface area contributed by atoms with Crippen LogP contribution in [0.25, 0.3) is 0 Å². The standard InChI is InChI=1S/C18H21FN2/c19-16-8-5-9-17(14-16)20-11-13-21-12-4-3-7-15-6-1-2-10-18(15)21/h1-2,5-6,8-10,14,20H,3-4,7,11-13H2. The monoisotopic (exact) mass is 284 g/mol. The minimum atomic E-state index is -0.194. The number of anilines is 2. The Morgan fingerprint density at radius 2 is 1.95 bits per heavy atom. The van der Waals surface area contributed by atoms with Crippen LogP contribution in [0.15, 0.2) is 48.5 Å². The molecule has 0 fully saturated rings. The van der Waals surface area contributed by atoms with E-state index in [1.54, 1.807) is 6.07 Å². The third kappa shape index (κ3) is 3.54. The van der Waals surface area contributed by atoms with Crippen LogP contribution < -0.4 is 10.2 Å². The lowest BCUT2D eigenvalue weighted by Crippen LogP contribution is -2.29. The van der Waals surface area contributed by atoms with Crippen molar-refractivity contribution in [3.05, 3.63) is 59.9 Å². The lowest BCUT2D eigenvalue weighted by Gasteiger charge is -2.25. The normalized spacial score (nSPS) is 14.4. The number of hydrogen-bond donors (Lipinski definition) is 1. The molecular formula is C18H21FN2. The highest BCUT2D eigenvalue weighted by Gasteiger charge is 2.13. The smallest absolute Gasteiger partial charge is 0.125 e. The summed E-state index contributed by atoms with van der Waals surface area (Å²) >= 11 is 0. The molecule has 1 aliphatic rings. The summed E-state index contributed by atoms with van der Waals surface area (Å²) in [6, 6.07) is 15.3. The SMILES string of the molecule is Fc1cccc(NCCN2CCCCc3ccccc32)c1. The Hall–Kier alpha value is -2.03. The molecule has 1 aliphatic heterocycles. The highest BCUT2D eigenvalue weighted by atomic mass is 19.1. The van der Waals surface area contributed by atoms with E-state index in [0.29, 0.717) is 0 Å². The third-order valence-electron chi connectivity index (χ3n) is 3.99. The highest BCUT2D eigenvalue weighted by molar-refractivity contribution is 5.54. The maximum atomic E-state index is 13.1. The molecule has 0 bridgehead atoms. The van der Waals surface area contributed by atoms with Gasteiger partial charge in [-0.15, -0.1) is 0 Å². The molecule has 1 N–H and O–H groups in total. The first-order valence-corrected chi connectivity index (χ1v) is 7.65. The quantitative estimate of drug-likeness (QED) is 0.910. The van der Waals surface area contributed by atoms with Crippen molar-refractivity contribution < 1.29 is 4.39 Å². The van der Waals surface area contributed by atoms with E-state index >= 15 is 0 Å². The van der Waals surface area contributed by atoms with Gasteiger partial charge in [0.05, 0.1) is 0 Å². The molecule has 1 heterocycles. The summed E-state index contributed by atoms with van der Waals surface area (Å²) in [7, 11) is 0. The molecule has 2 aromatic carbocycles. The van der Waals surface area contributed by atoms with Crippen LogP contribution in [0.4, 0.5) is 15.8 Å². The highest BCUT2D eigenvalue weighted by Crippen LogP contribution is 2.25. The van der Waals surface area contributed by atoms with Gasteiger partial charge in [-0.1, -0.05) is 24.3 Å². The fourth-order valence-corrected chi connectivity index (χ4v) is 2.94. The van der Waals surface area contributed by atoms with E-state index in [9.17, 15) is 4.39 Å². The molecule has 0 saturated carbocycles. The number of rotatable bonds is 4. The maximum Gasteiger partial charge on any atom is 0.125 e. The summed E-state index contributed by atoms with van der Waals surface area (Å²) in [6.07, 6.45) is 3.66. The van der Waals surface area contributed by atoms with Gasteiger partial charge < -0.3 is 10.2 Å². The van der Waals surface area contributed by atoms with Gasteiger partial charge in [0, 0.05) is 31.0 Å². The molecular weight excluding hydrogens is 263 g/mol. The molecule has 2 nitrogen and oxygen atoms in total. The van der Waals surface area contributed by atoms with Gasteiger partial charge in [-0.3, -0.25) is 0 Å². The van der Waals surface area contributed by atoms with Crippen molar-refractivity contribution in [1.29, 1.82) is 0 Å². The number of fused-ring (bicyclic) bond motifs is 1. The van der Waals surface area contributed by atoms with E-state index in [2.05, 4.69) is 34.5 Å². The van der Waals surface area contributed by atoms with E-state index < -0.39 is 0 Å². The van der Waals surface area contributed by atoms with E-state index in [4.69, 9.17) is 0 Å². The summed E-state index contributed by atoms with van der Waals surface area (Å²) in [5, 5.41) is 3.30. The number of hydrogen-bond acceptors (Lipinski definition) is 2. The minimum absolute atomic E-state index is 0.194. The Bertz CT molecular complexity index is 597. The van der Waals surface area contributed by atoms with Crippen LogP contribution in [0.1, 0.15) is 18.4 Å². The molecule has 0 amide bonds. The summed E-state index contributed by atoms with van der Waals surface area (Å²) < 4.78 is 13.1. The zero-order valence-corrected chi connectivity index (χ0v) is 12.2. The van der Waals surface area contributed by atoms with Gasteiger partial charge in [0.2, 0.25) is 0 Å². The third-order valence-corrected chi connectivity index (χ3v) is 3.99. The Morgan fingerprint density at radius 1 is 1.05 bits per heavy atom. The van der Waals surface area contributed by atoms with Gasteiger partial charge in [-0.25, -0.2) is 4.39 Å². The van der Waals surface area contributed by atoms with Gasteiger partial charge in [-0.05, 0) is 49.1 Å². The predicted molar refractivity (Wildman–Crippen MR) is 86.5 cm³/mol. The van der Waals surface area contributed by atoms with Crippen molar-refractivity contribution in [2.45, 2.75) is 19.3 Å². The fourth-order valence-electron chi connectivity index (χ4n) is 2.94. The molecule has 3 heteroatoms. The van der Waals surface area contributed by atoms with Crippen molar-refractivity contribution in [3.63, 3.8) is 0 Å². The van der Waals surface area contributed by atoms with Crippen LogP contribution in [0, 0.1) is 5.82 Å². The second-order valence-corrected chi connectivity index (χ2v) is 5.51. The summed E-state index contributed by atoms with van der Waals surface area (Å²) in [5.74, 6) is -0.194. The molecule has 110 valence electrons. The van der Waals surface area contributed by atoms with Crippen LogP contribution in [-0.4, -0.2) is 19.6 Å².